The minimum atomic E-state index is -1.02. The predicted molar refractivity (Wildman–Crippen MR) is 99.4 cm³/mol. The largest absolute Gasteiger partial charge is 0.477 e. The number of aliphatic carboxylic acids is 1. The van der Waals surface area contributed by atoms with E-state index in [4.69, 9.17) is 0 Å². The number of rotatable bonds is 6. The molecule has 3 aliphatic rings. The van der Waals surface area contributed by atoms with Crippen molar-refractivity contribution in [1.29, 1.82) is 0 Å². The van der Waals surface area contributed by atoms with Gasteiger partial charge in [0.05, 0.1) is 18.1 Å². The van der Waals surface area contributed by atoms with Crippen molar-refractivity contribution in [1.82, 2.24) is 10.2 Å². The van der Waals surface area contributed by atoms with Crippen LogP contribution in [0.5, 0.6) is 0 Å². The molecule has 6 nitrogen and oxygen atoms in total. The fraction of sp³-hybridized carbons (Fsp3) is 0.524. The van der Waals surface area contributed by atoms with Gasteiger partial charge in [-0.25, -0.2) is 4.79 Å². The van der Waals surface area contributed by atoms with Crippen molar-refractivity contribution in [2.45, 2.75) is 44.9 Å². The molecule has 0 aromatic heterocycles. The standard InChI is InChI=1S/C21H26N2O4/c1-12(24)16-18-15-9-5-8-14(11-22-10-13-6-3-2-4-7-13)17(15)19(21(26)27)23(18)20(16)25/h2-4,6-7,12,14-16,18,22,24H,5,8-11H2,1H3,(H,26,27)/t12-,14+,15+,16-,18-/m1/s1. The van der Waals surface area contributed by atoms with Gasteiger partial charge in [0.15, 0.2) is 0 Å². The summed E-state index contributed by atoms with van der Waals surface area (Å²) in [5, 5.41) is 23.3. The molecular formula is C21H26N2O4. The molecular weight excluding hydrogens is 344 g/mol. The highest BCUT2D eigenvalue weighted by atomic mass is 16.4. The Labute approximate surface area is 158 Å². The number of fused-ring (bicyclic) bond motifs is 3. The summed E-state index contributed by atoms with van der Waals surface area (Å²) in [5.74, 6) is -1.56. The number of carboxylic acids is 1. The summed E-state index contributed by atoms with van der Waals surface area (Å²) in [5.41, 5.74) is 2.28. The zero-order valence-electron chi connectivity index (χ0n) is 15.5. The summed E-state index contributed by atoms with van der Waals surface area (Å²) < 4.78 is 0. The molecule has 1 aliphatic carbocycles. The molecule has 1 saturated carbocycles. The lowest BCUT2D eigenvalue weighted by atomic mass is 9.69. The van der Waals surface area contributed by atoms with E-state index in [9.17, 15) is 19.8 Å². The van der Waals surface area contributed by atoms with Crippen LogP contribution in [0, 0.1) is 17.8 Å². The monoisotopic (exact) mass is 370 g/mol. The lowest BCUT2D eigenvalue weighted by Crippen LogP contribution is -2.64. The highest BCUT2D eigenvalue weighted by molar-refractivity contribution is 6.00. The molecule has 0 unspecified atom stereocenters. The SMILES string of the molecule is C[C@@H](O)[C@H]1C(=O)N2C(C(=O)O)=C3[C@H](CNCc4ccccc4)CCC[C@@H]3[C@H]12. The first-order valence-electron chi connectivity index (χ1n) is 9.73. The highest BCUT2D eigenvalue weighted by Gasteiger charge is 2.62. The molecule has 0 spiro atoms. The summed E-state index contributed by atoms with van der Waals surface area (Å²) in [4.78, 5) is 25.9. The van der Waals surface area contributed by atoms with E-state index in [1.54, 1.807) is 6.92 Å². The van der Waals surface area contributed by atoms with Gasteiger partial charge in [-0.2, -0.15) is 0 Å². The van der Waals surface area contributed by atoms with Crippen LogP contribution in [0.1, 0.15) is 31.7 Å². The molecule has 0 bridgehead atoms. The molecule has 1 aromatic carbocycles. The van der Waals surface area contributed by atoms with Gasteiger partial charge in [0.2, 0.25) is 5.91 Å². The molecule has 5 atom stereocenters. The summed E-state index contributed by atoms with van der Waals surface area (Å²) in [6.45, 7) is 3.06. The van der Waals surface area contributed by atoms with Crippen molar-refractivity contribution < 1.29 is 19.8 Å². The number of carboxylic acid groups (broad SMARTS) is 1. The number of carbonyl (C=O) groups is 2. The Kier molecular flexibility index (Phi) is 4.78. The maximum absolute atomic E-state index is 12.5. The van der Waals surface area contributed by atoms with E-state index in [1.165, 1.54) is 10.5 Å². The average Bonchev–Trinajstić information content (AvgIpc) is 2.94. The topological polar surface area (TPSA) is 89.9 Å². The molecule has 6 heteroatoms. The first-order chi connectivity index (χ1) is 13.0. The van der Waals surface area contributed by atoms with Gasteiger partial charge in [-0.05, 0) is 36.8 Å². The van der Waals surface area contributed by atoms with E-state index in [0.717, 1.165) is 31.4 Å². The van der Waals surface area contributed by atoms with Crippen LogP contribution in [0.25, 0.3) is 0 Å². The maximum atomic E-state index is 12.5. The number of nitrogens with zero attached hydrogens (tertiary/aromatic N) is 1. The number of aliphatic hydroxyl groups is 1. The first-order valence-corrected chi connectivity index (χ1v) is 9.73. The van der Waals surface area contributed by atoms with Gasteiger partial charge < -0.3 is 20.4 Å². The summed E-state index contributed by atoms with van der Waals surface area (Å²) in [6, 6.07) is 9.93. The molecule has 144 valence electrons. The molecule has 27 heavy (non-hydrogen) atoms. The fourth-order valence-corrected chi connectivity index (χ4v) is 5.20. The average molecular weight is 370 g/mol. The Balaban J connectivity index is 1.55. The van der Waals surface area contributed by atoms with Gasteiger partial charge in [-0.1, -0.05) is 36.8 Å². The number of benzene rings is 1. The van der Waals surface area contributed by atoms with Crippen LogP contribution in [0.15, 0.2) is 41.6 Å². The van der Waals surface area contributed by atoms with Crippen LogP contribution in [-0.2, 0) is 16.1 Å². The van der Waals surface area contributed by atoms with Gasteiger partial charge in [0.25, 0.3) is 0 Å². The van der Waals surface area contributed by atoms with Gasteiger partial charge in [-0.15, -0.1) is 0 Å². The number of hydrogen-bond donors (Lipinski definition) is 3. The summed E-state index contributed by atoms with van der Waals surface area (Å²) >= 11 is 0. The lowest BCUT2D eigenvalue weighted by Gasteiger charge is -2.47. The van der Waals surface area contributed by atoms with E-state index in [-0.39, 0.29) is 29.5 Å². The first kappa shape index (κ1) is 18.2. The smallest absolute Gasteiger partial charge is 0.352 e. The van der Waals surface area contributed by atoms with Crippen molar-refractivity contribution in [2.24, 2.45) is 17.8 Å². The van der Waals surface area contributed by atoms with Gasteiger partial charge in [0.1, 0.15) is 5.70 Å². The Morgan fingerprint density at radius 2 is 2.04 bits per heavy atom. The quantitative estimate of drug-likeness (QED) is 0.664. The van der Waals surface area contributed by atoms with Crippen LogP contribution in [0.3, 0.4) is 0 Å². The maximum Gasteiger partial charge on any atom is 0.352 e. The molecule has 4 rings (SSSR count). The highest BCUT2D eigenvalue weighted by Crippen LogP contribution is 2.53. The van der Waals surface area contributed by atoms with E-state index < -0.39 is 18.0 Å². The third-order valence-corrected chi connectivity index (χ3v) is 6.31. The van der Waals surface area contributed by atoms with Gasteiger partial charge in [0, 0.05) is 19.0 Å². The van der Waals surface area contributed by atoms with Crippen molar-refractivity contribution in [2.75, 3.05) is 6.54 Å². The molecule has 2 aliphatic heterocycles. The van der Waals surface area contributed by atoms with E-state index in [0.29, 0.717) is 6.54 Å². The second-order valence-electron chi connectivity index (χ2n) is 7.93. The van der Waals surface area contributed by atoms with Crippen molar-refractivity contribution in [3.8, 4) is 0 Å². The second kappa shape index (κ2) is 7.09. The second-order valence-corrected chi connectivity index (χ2v) is 7.93. The number of aliphatic hydroxyl groups excluding tert-OH is 1. The Morgan fingerprint density at radius 3 is 2.70 bits per heavy atom. The minimum absolute atomic E-state index is 0.0608. The third kappa shape index (κ3) is 2.97. The molecule has 1 aromatic rings. The Morgan fingerprint density at radius 1 is 1.30 bits per heavy atom. The van der Waals surface area contributed by atoms with Crippen molar-refractivity contribution in [3.63, 3.8) is 0 Å². The van der Waals surface area contributed by atoms with Crippen LogP contribution in [0.4, 0.5) is 0 Å². The molecule has 1 amide bonds. The molecule has 3 N–H and O–H groups in total. The van der Waals surface area contributed by atoms with Crippen molar-refractivity contribution >= 4 is 11.9 Å². The number of β-lactam (4-membered cyclic amide) rings is 1. The predicted octanol–water partition coefficient (Wildman–Crippen LogP) is 1.75. The van der Waals surface area contributed by atoms with Gasteiger partial charge >= 0.3 is 5.97 Å². The number of carbonyl (C=O) groups excluding carboxylic acids is 1. The van der Waals surface area contributed by atoms with Gasteiger partial charge in [-0.3, -0.25) is 4.79 Å². The van der Waals surface area contributed by atoms with Crippen LogP contribution >= 0.6 is 0 Å². The molecule has 2 fully saturated rings. The Hall–Kier alpha value is -2.18. The van der Waals surface area contributed by atoms with E-state index in [1.807, 2.05) is 18.2 Å². The fourth-order valence-electron chi connectivity index (χ4n) is 5.20. The molecule has 0 radical (unpaired) electrons. The number of nitrogens with one attached hydrogen (secondary N) is 1. The number of hydrogen-bond acceptors (Lipinski definition) is 4. The van der Waals surface area contributed by atoms with E-state index in [2.05, 4.69) is 17.4 Å². The molecule has 2 heterocycles. The summed E-state index contributed by atoms with van der Waals surface area (Å²) in [7, 11) is 0. The zero-order valence-corrected chi connectivity index (χ0v) is 15.5. The molecule has 1 saturated heterocycles. The lowest BCUT2D eigenvalue weighted by molar-refractivity contribution is -0.163. The van der Waals surface area contributed by atoms with Crippen molar-refractivity contribution in [3.05, 3.63) is 47.2 Å². The Bertz CT molecular complexity index is 774. The normalized spacial score (nSPS) is 30.6. The third-order valence-electron chi connectivity index (χ3n) is 6.31. The summed E-state index contributed by atoms with van der Waals surface area (Å²) in [6.07, 6.45) is 2.09. The minimum Gasteiger partial charge on any atom is -0.477 e. The zero-order chi connectivity index (χ0) is 19.1. The van der Waals surface area contributed by atoms with Crippen LogP contribution in [-0.4, -0.2) is 45.7 Å². The number of amides is 1. The van der Waals surface area contributed by atoms with Crippen LogP contribution in [0.2, 0.25) is 0 Å². The van der Waals surface area contributed by atoms with E-state index >= 15 is 0 Å². The van der Waals surface area contributed by atoms with Crippen LogP contribution < -0.4 is 5.32 Å².